The lowest BCUT2D eigenvalue weighted by atomic mass is 10.1. The minimum atomic E-state index is -0.0664. The van der Waals surface area contributed by atoms with Crippen LogP contribution in [0.25, 0.3) is 0 Å². The van der Waals surface area contributed by atoms with E-state index in [9.17, 15) is 4.79 Å². The molecule has 1 aromatic heterocycles. The third-order valence-electron chi connectivity index (χ3n) is 3.23. The fourth-order valence-corrected chi connectivity index (χ4v) is 3.07. The van der Waals surface area contributed by atoms with Crippen LogP contribution in [-0.4, -0.2) is 23.9 Å². The van der Waals surface area contributed by atoms with Gasteiger partial charge in [0.25, 0.3) is 5.91 Å². The average molecular weight is 309 g/mol. The summed E-state index contributed by atoms with van der Waals surface area (Å²) >= 11 is 7.65. The van der Waals surface area contributed by atoms with Gasteiger partial charge in [0, 0.05) is 40.7 Å². The number of nitrogens with two attached hydrogens (primary N) is 1. The molecule has 20 heavy (non-hydrogen) atoms. The minimum absolute atomic E-state index is 0.0664. The molecule has 3 nitrogen and oxygen atoms in total. The van der Waals surface area contributed by atoms with Gasteiger partial charge in [-0.15, -0.1) is 11.3 Å². The van der Waals surface area contributed by atoms with Crippen LogP contribution in [0.2, 0.25) is 5.02 Å². The number of nitrogen functional groups attached to an aromatic ring is 1. The monoisotopic (exact) mass is 308 g/mol. The van der Waals surface area contributed by atoms with Crippen LogP contribution in [0.5, 0.6) is 0 Å². The lowest BCUT2D eigenvalue weighted by Gasteiger charge is -2.25. The number of hydrogen-bond acceptors (Lipinski definition) is 3. The maximum Gasteiger partial charge on any atom is 0.253 e. The lowest BCUT2D eigenvalue weighted by molar-refractivity contribution is 0.0744. The highest BCUT2D eigenvalue weighted by atomic mass is 35.5. The Morgan fingerprint density at radius 1 is 1.45 bits per heavy atom. The second-order valence-electron chi connectivity index (χ2n) is 4.82. The van der Waals surface area contributed by atoms with Crippen LogP contribution in [0, 0.1) is 0 Å². The maximum atomic E-state index is 12.4. The molecule has 0 saturated heterocycles. The summed E-state index contributed by atoms with van der Waals surface area (Å²) in [4.78, 5) is 15.4. The van der Waals surface area contributed by atoms with E-state index >= 15 is 0 Å². The number of carbonyl (C=O) groups excluding carboxylic acids is 1. The molecule has 2 rings (SSSR count). The molecule has 1 amide bonds. The Bertz CT molecular complexity index is 578. The third-order valence-corrected chi connectivity index (χ3v) is 4.34. The molecule has 1 heterocycles. The van der Waals surface area contributed by atoms with Crippen molar-refractivity contribution in [2.45, 2.75) is 19.4 Å². The van der Waals surface area contributed by atoms with Crippen molar-refractivity contribution in [3.63, 3.8) is 0 Å². The molecule has 0 aliphatic rings. The highest BCUT2D eigenvalue weighted by Gasteiger charge is 2.18. The SMILES string of the molecule is CC(Cc1cccs1)N(C)C(=O)c1cc(N)cc(Cl)c1. The van der Waals surface area contributed by atoms with Gasteiger partial charge in [-0.2, -0.15) is 0 Å². The molecular weight excluding hydrogens is 292 g/mol. The van der Waals surface area contributed by atoms with E-state index in [2.05, 4.69) is 6.07 Å². The van der Waals surface area contributed by atoms with Crippen LogP contribution in [-0.2, 0) is 6.42 Å². The van der Waals surface area contributed by atoms with E-state index in [1.807, 2.05) is 18.4 Å². The van der Waals surface area contributed by atoms with Crippen LogP contribution in [0.3, 0.4) is 0 Å². The largest absolute Gasteiger partial charge is 0.399 e. The number of anilines is 1. The molecule has 0 radical (unpaired) electrons. The van der Waals surface area contributed by atoms with Crippen LogP contribution in [0.15, 0.2) is 35.7 Å². The molecule has 2 aromatic rings. The van der Waals surface area contributed by atoms with Crippen molar-refractivity contribution in [1.29, 1.82) is 0 Å². The summed E-state index contributed by atoms with van der Waals surface area (Å²) < 4.78 is 0. The summed E-state index contributed by atoms with van der Waals surface area (Å²) in [5, 5.41) is 2.52. The smallest absolute Gasteiger partial charge is 0.253 e. The zero-order valence-electron chi connectivity index (χ0n) is 11.5. The molecule has 1 aromatic carbocycles. The van der Waals surface area contributed by atoms with Crippen molar-refractivity contribution in [3.8, 4) is 0 Å². The van der Waals surface area contributed by atoms with Gasteiger partial charge in [-0.1, -0.05) is 17.7 Å². The summed E-state index contributed by atoms with van der Waals surface area (Å²) in [5.41, 5.74) is 6.75. The van der Waals surface area contributed by atoms with Crippen molar-refractivity contribution in [1.82, 2.24) is 4.90 Å². The lowest BCUT2D eigenvalue weighted by Crippen LogP contribution is -2.36. The number of nitrogens with zero attached hydrogens (tertiary/aromatic N) is 1. The summed E-state index contributed by atoms with van der Waals surface area (Å²) in [6.45, 7) is 2.03. The highest BCUT2D eigenvalue weighted by molar-refractivity contribution is 7.09. The van der Waals surface area contributed by atoms with E-state index < -0.39 is 0 Å². The highest BCUT2D eigenvalue weighted by Crippen LogP contribution is 2.20. The standard InChI is InChI=1S/C15H17ClN2OS/c1-10(6-14-4-3-5-20-14)18(2)15(19)11-7-12(16)9-13(17)8-11/h3-5,7-10H,6,17H2,1-2H3. The molecule has 0 bridgehead atoms. The van der Waals surface area contributed by atoms with Crippen molar-refractivity contribution < 1.29 is 4.79 Å². The third kappa shape index (κ3) is 3.52. The minimum Gasteiger partial charge on any atom is -0.399 e. The molecule has 0 spiro atoms. The van der Waals surface area contributed by atoms with Gasteiger partial charge in [-0.25, -0.2) is 0 Å². The van der Waals surface area contributed by atoms with E-state index in [4.69, 9.17) is 17.3 Å². The van der Waals surface area contributed by atoms with Gasteiger partial charge in [0.2, 0.25) is 0 Å². The van der Waals surface area contributed by atoms with E-state index in [0.717, 1.165) is 6.42 Å². The molecule has 0 aliphatic heterocycles. The molecule has 106 valence electrons. The molecule has 5 heteroatoms. The predicted octanol–water partition coefficient (Wildman–Crippen LogP) is 3.69. The topological polar surface area (TPSA) is 46.3 Å². The predicted molar refractivity (Wildman–Crippen MR) is 85.4 cm³/mol. The number of amides is 1. The Hall–Kier alpha value is -1.52. The second kappa shape index (κ2) is 6.29. The fraction of sp³-hybridized carbons (Fsp3) is 0.267. The number of hydrogen-bond donors (Lipinski definition) is 1. The number of benzene rings is 1. The van der Waals surface area contributed by atoms with Crippen molar-refractivity contribution in [2.24, 2.45) is 0 Å². The van der Waals surface area contributed by atoms with Crippen molar-refractivity contribution in [3.05, 3.63) is 51.2 Å². The Labute approximate surface area is 128 Å². The van der Waals surface area contributed by atoms with Gasteiger partial charge in [0.15, 0.2) is 0 Å². The van der Waals surface area contributed by atoms with Crippen LogP contribution in [0.4, 0.5) is 5.69 Å². The number of halogens is 1. The Balaban J connectivity index is 2.11. The van der Waals surface area contributed by atoms with Crippen LogP contribution in [0.1, 0.15) is 22.2 Å². The van der Waals surface area contributed by atoms with Crippen molar-refractivity contribution >= 4 is 34.5 Å². The maximum absolute atomic E-state index is 12.4. The first kappa shape index (κ1) is 14.9. The van der Waals surface area contributed by atoms with Gasteiger partial charge >= 0.3 is 0 Å². The molecule has 1 atom stereocenters. The fourth-order valence-electron chi connectivity index (χ4n) is 2.00. The molecule has 1 unspecified atom stereocenters. The molecule has 0 saturated carbocycles. The summed E-state index contributed by atoms with van der Waals surface area (Å²) in [6.07, 6.45) is 0.843. The Kier molecular flexibility index (Phi) is 4.68. The Morgan fingerprint density at radius 2 is 2.20 bits per heavy atom. The van der Waals surface area contributed by atoms with Crippen molar-refractivity contribution in [2.75, 3.05) is 12.8 Å². The quantitative estimate of drug-likeness (QED) is 0.876. The average Bonchev–Trinajstić information content (AvgIpc) is 2.88. The number of thiophene rings is 1. The molecular formula is C15H17ClN2OS. The summed E-state index contributed by atoms with van der Waals surface area (Å²) in [6, 6.07) is 9.15. The van der Waals surface area contributed by atoms with Gasteiger partial charge in [0.1, 0.15) is 0 Å². The Morgan fingerprint density at radius 3 is 2.80 bits per heavy atom. The zero-order chi connectivity index (χ0) is 14.7. The summed E-state index contributed by atoms with van der Waals surface area (Å²) in [7, 11) is 1.80. The van der Waals surface area contributed by atoms with E-state index in [1.54, 1.807) is 41.5 Å². The van der Waals surface area contributed by atoms with Crippen LogP contribution >= 0.6 is 22.9 Å². The first-order valence-electron chi connectivity index (χ1n) is 6.33. The molecule has 2 N–H and O–H groups in total. The zero-order valence-corrected chi connectivity index (χ0v) is 13.0. The van der Waals surface area contributed by atoms with E-state index in [1.165, 1.54) is 4.88 Å². The van der Waals surface area contributed by atoms with Gasteiger partial charge < -0.3 is 10.6 Å². The number of carbonyl (C=O) groups is 1. The van der Waals surface area contributed by atoms with E-state index in [-0.39, 0.29) is 11.9 Å². The van der Waals surface area contributed by atoms with Gasteiger partial charge in [-0.05, 0) is 36.6 Å². The van der Waals surface area contributed by atoms with E-state index in [0.29, 0.717) is 16.3 Å². The summed E-state index contributed by atoms with van der Waals surface area (Å²) in [5.74, 6) is -0.0664. The molecule has 0 aliphatic carbocycles. The second-order valence-corrected chi connectivity index (χ2v) is 6.29. The normalized spacial score (nSPS) is 12.2. The molecule has 0 fully saturated rings. The first-order chi connectivity index (χ1) is 9.47. The first-order valence-corrected chi connectivity index (χ1v) is 7.58. The number of rotatable bonds is 4. The van der Waals surface area contributed by atoms with Crippen LogP contribution < -0.4 is 5.73 Å². The van der Waals surface area contributed by atoms with Gasteiger partial charge in [0.05, 0.1) is 0 Å². The number of likely N-dealkylation sites (N-methyl/N-ethyl adjacent to an activating group) is 1. The van der Waals surface area contributed by atoms with Gasteiger partial charge in [-0.3, -0.25) is 4.79 Å².